The topological polar surface area (TPSA) is 24.9 Å². The summed E-state index contributed by atoms with van der Waals surface area (Å²) in [5, 5.41) is 4.34. The van der Waals surface area contributed by atoms with Crippen LogP contribution in [0.2, 0.25) is 10.0 Å². The second-order valence-electron chi connectivity index (χ2n) is 3.43. The summed E-state index contributed by atoms with van der Waals surface area (Å²) in [6.45, 7) is 3.06. The van der Waals surface area contributed by atoms with Crippen molar-refractivity contribution >= 4 is 40.8 Å². The first kappa shape index (κ1) is 12.9. The molecular weight excluding hydrogens is 251 g/mol. The standard InChI is InChI=1S/C10H14Cl2N2S/c1-7(6-15-2)4-13-10-9(12)3-8(11)5-14-10/h3,5,7H,4,6H2,1-2H3,(H,13,14). The first-order valence-corrected chi connectivity index (χ1v) is 6.82. The van der Waals surface area contributed by atoms with Crippen molar-refractivity contribution in [3.05, 3.63) is 22.3 Å². The average Bonchev–Trinajstić information content (AvgIpc) is 2.17. The van der Waals surface area contributed by atoms with Crippen LogP contribution >= 0.6 is 35.0 Å². The fourth-order valence-electron chi connectivity index (χ4n) is 1.16. The van der Waals surface area contributed by atoms with Gasteiger partial charge in [-0.3, -0.25) is 0 Å². The van der Waals surface area contributed by atoms with Crippen LogP contribution in [0.15, 0.2) is 12.3 Å². The number of rotatable bonds is 5. The molecule has 1 rings (SSSR count). The van der Waals surface area contributed by atoms with Gasteiger partial charge in [0, 0.05) is 12.7 Å². The third kappa shape index (κ3) is 4.49. The molecule has 0 amide bonds. The van der Waals surface area contributed by atoms with Gasteiger partial charge in [0.1, 0.15) is 5.82 Å². The highest BCUT2D eigenvalue weighted by atomic mass is 35.5. The molecular formula is C10H14Cl2N2S. The Morgan fingerprint density at radius 1 is 1.53 bits per heavy atom. The van der Waals surface area contributed by atoms with Gasteiger partial charge in [-0.2, -0.15) is 11.8 Å². The maximum atomic E-state index is 5.98. The van der Waals surface area contributed by atoms with E-state index in [0.717, 1.165) is 12.3 Å². The molecule has 0 saturated heterocycles. The molecule has 1 N–H and O–H groups in total. The lowest BCUT2D eigenvalue weighted by Gasteiger charge is -2.12. The van der Waals surface area contributed by atoms with Crippen molar-refractivity contribution in [3.8, 4) is 0 Å². The number of nitrogens with zero attached hydrogens (tertiary/aromatic N) is 1. The predicted molar refractivity (Wildman–Crippen MR) is 70.3 cm³/mol. The number of nitrogens with one attached hydrogen (secondary N) is 1. The highest BCUT2D eigenvalue weighted by Gasteiger charge is 2.05. The number of hydrogen-bond donors (Lipinski definition) is 1. The zero-order valence-electron chi connectivity index (χ0n) is 8.76. The van der Waals surface area contributed by atoms with Crippen LogP contribution in [0.4, 0.5) is 5.82 Å². The highest BCUT2D eigenvalue weighted by molar-refractivity contribution is 7.98. The van der Waals surface area contributed by atoms with Crippen molar-refractivity contribution in [2.24, 2.45) is 5.92 Å². The molecule has 0 spiro atoms. The Balaban J connectivity index is 2.50. The minimum atomic E-state index is 0.558. The number of halogens is 2. The SMILES string of the molecule is CSCC(C)CNc1ncc(Cl)cc1Cl. The Morgan fingerprint density at radius 3 is 2.87 bits per heavy atom. The minimum absolute atomic E-state index is 0.558. The summed E-state index contributed by atoms with van der Waals surface area (Å²) in [7, 11) is 0. The lowest BCUT2D eigenvalue weighted by atomic mass is 10.2. The van der Waals surface area contributed by atoms with Crippen molar-refractivity contribution in [1.29, 1.82) is 0 Å². The molecule has 1 unspecified atom stereocenters. The summed E-state index contributed by atoms with van der Waals surface area (Å²) in [6.07, 6.45) is 3.69. The van der Waals surface area contributed by atoms with E-state index in [1.807, 2.05) is 11.8 Å². The molecule has 0 fully saturated rings. The molecule has 5 heteroatoms. The number of thioether (sulfide) groups is 1. The molecule has 2 nitrogen and oxygen atoms in total. The normalized spacial score (nSPS) is 12.5. The highest BCUT2D eigenvalue weighted by Crippen LogP contribution is 2.22. The quantitative estimate of drug-likeness (QED) is 0.876. The van der Waals surface area contributed by atoms with E-state index in [2.05, 4.69) is 23.5 Å². The lowest BCUT2D eigenvalue weighted by Crippen LogP contribution is -2.14. The third-order valence-electron chi connectivity index (χ3n) is 1.88. The van der Waals surface area contributed by atoms with Gasteiger partial charge in [-0.05, 0) is 24.0 Å². The molecule has 0 aliphatic rings. The summed E-state index contributed by atoms with van der Waals surface area (Å²) < 4.78 is 0. The molecule has 1 aromatic heterocycles. The van der Waals surface area contributed by atoms with Crippen molar-refractivity contribution in [1.82, 2.24) is 4.98 Å². The molecule has 0 aliphatic heterocycles. The summed E-state index contributed by atoms with van der Waals surface area (Å²) in [5.41, 5.74) is 0. The fraction of sp³-hybridized carbons (Fsp3) is 0.500. The van der Waals surface area contributed by atoms with E-state index in [-0.39, 0.29) is 0 Å². The van der Waals surface area contributed by atoms with Crippen LogP contribution in [0.5, 0.6) is 0 Å². The Bertz CT molecular complexity index is 320. The summed E-state index contributed by atoms with van der Waals surface area (Å²) in [5.74, 6) is 2.42. The van der Waals surface area contributed by atoms with Crippen LogP contribution in [0.1, 0.15) is 6.92 Å². The lowest BCUT2D eigenvalue weighted by molar-refractivity contribution is 0.699. The smallest absolute Gasteiger partial charge is 0.144 e. The van der Waals surface area contributed by atoms with Crippen LogP contribution in [0.25, 0.3) is 0 Å². The summed E-state index contributed by atoms with van der Waals surface area (Å²) in [6, 6.07) is 1.69. The molecule has 84 valence electrons. The van der Waals surface area contributed by atoms with E-state index in [4.69, 9.17) is 23.2 Å². The van der Waals surface area contributed by atoms with Gasteiger partial charge in [-0.15, -0.1) is 0 Å². The zero-order valence-corrected chi connectivity index (χ0v) is 11.1. The van der Waals surface area contributed by atoms with Gasteiger partial charge in [0.2, 0.25) is 0 Å². The van der Waals surface area contributed by atoms with Crippen molar-refractivity contribution in [3.63, 3.8) is 0 Å². The van der Waals surface area contributed by atoms with Gasteiger partial charge in [0.15, 0.2) is 0 Å². The molecule has 0 aromatic carbocycles. The van der Waals surface area contributed by atoms with E-state index >= 15 is 0 Å². The maximum Gasteiger partial charge on any atom is 0.144 e. The Morgan fingerprint density at radius 2 is 2.27 bits per heavy atom. The van der Waals surface area contributed by atoms with Crippen molar-refractivity contribution in [2.75, 3.05) is 23.9 Å². The van der Waals surface area contributed by atoms with E-state index in [1.54, 1.807) is 12.3 Å². The number of aromatic nitrogens is 1. The van der Waals surface area contributed by atoms with Gasteiger partial charge >= 0.3 is 0 Å². The zero-order chi connectivity index (χ0) is 11.3. The second-order valence-corrected chi connectivity index (χ2v) is 5.18. The average molecular weight is 265 g/mol. The first-order valence-electron chi connectivity index (χ1n) is 4.67. The monoisotopic (exact) mass is 264 g/mol. The molecule has 0 saturated carbocycles. The largest absolute Gasteiger partial charge is 0.369 e. The predicted octanol–water partition coefficient (Wildman–Crippen LogP) is 3.80. The number of hydrogen-bond acceptors (Lipinski definition) is 3. The van der Waals surface area contributed by atoms with E-state index in [9.17, 15) is 0 Å². The summed E-state index contributed by atoms with van der Waals surface area (Å²) >= 11 is 13.6. The fourth-order valence-corrected chi connectivity index (χ4v) is 2.29. The Hall–Kier alpha value is -0.120. The van der Waals surface area contributed by atoms with Crippen LogP contribution in [0.3, 0.4) is 0 Å². The third-order valence-corrected chi connectivity index (χ3v) is 3.27. The van der Waals surface area contributed by atoms with Crippen molar-refractivity contribution in [2.45, 2.75) is 6.92 Å². The second kappa shape index (κ2) is 6.46. The van der Waals surface area contributed by atoms with Gasteiger partial charge in [-0.1, -0.05) is 30.1 Å². The van der Waals surface area contributed by atoms with Gasteiger partial charge < -0.3 is 5.32 Å². The number of anilines is 1. The molecule has 1 atom stereocenters. The van der Waals surface area contributed by atoms with Gasteiger partial charge in [-0.25, -0.2) is 4.98 Å². The summed E-state index contributed by atoms with van der Waals surface area (Å²) in [4.78, 5) is 4.13. The first-order chi connectivity index (χ1) is 7.13. The van der Waals surface area contributed by atoms with Crippen LogP contribution in [-0.4, -0.2) is 23.5 Å². The van der Waals surface area contributed by atoms with E-state index in [1.165, 1.54) is 0 Å². The molecule has 0 aliphatic carbocycles. The Labute approximate surface area is 105 Å². The molecule has 0 radical (unpaired) electrons. The van der Waals surface area contributed by atoms with Crippen molar-refractivity contribution < 1.29 is 0 Å². The van der Waals surface area contributed by atoms with Crippen LogP contribution < -0.4 is 5.32 Å². The number of pyridine rings is 1. The Kier molecular flexibility index (Phi) is 5.58. The van der Waals surface area contributed by atoms with E-state index in [0.29, 0.717) is 21.8 Å². The van der Waals surface area contributed by atoms with Gasteiger partial charge in [0.05, 0.1) is 10.0 Å². The van der Waals surface area contributed by atoms with Crippen LogP contribution in [-0.2, 0) is 0 Å². The maximum absolute atomic E-state index is 5.98. The molecule has 1 heterocycles. The van der Waals surface area contributed by atoms with E-state index < -0.39 is 0 Å². The minimum Gasteiger partial charge on any atom is -0.369 e. The van der Waals surface area contributed by atoms with Crippen LogP contribution in [0, 0.1) is 5.92 Å². The molecule has 0 bridgehead atoms. The van der Waals surface area contributed by atoms with Gasteiger partial charge in [0.25, 0.3) is 0 Å². The molecule has 15 heavy (non-hydrogen) atoms. The molecule has 1 aromatic rings.